The molecule has 0 aliphatic heterocycles. The van der Waals surface area contributed by atoms with Gasteiger partial charge in [-0.1, -0.05) is 0 Å². The molecule has 0 heterocycles. The molecule has 0 saturated heterocycles. The van der Waals surface area contributed by atoms with Crippen molar-refractivity contribution in [1.29, 1.82) is 0 Å². The fourth-order valence-corrected chi connectivity index (χ4v) is 1.68. The molecule has 0 unspecified atom stereocenters. The van der Waals surface area contributed by atoms with Gasteiger partial charge in [0.2, 0.25) is 0 Å². The van der Waals surface area contributed by atoms with Crippen molar-refractivity contribution in [3.8, 4) is 0 Å². The van der Waals surface area contributed by atoms with E-state index in [4.69, 9.17) is 5.73 Å². The summed E-state index contributed by atoms with van der Waals surface area (Å²) in [4.78, 5) is 5.64. The minimum atomic E-state index is 0.551. The van der Waals surface area contributed by atoms with Gasteiger partial charge in [0.05, 0.1) is 5.69 Å². The van der Waals surface area contributed by atoms with Gasteiger partial charge in [0.15, 0.2) is 0 Å². The van der Waals surface area contributed by atoms with E-state index in [-0.39, 0.29) is 0 Å². The molecular formula is C11H14N2S. The van der Waals surface area contributed by atoms with Crippen LogP contribution in [-0.2, 0) is 0 Å². The summed E-state index contributed by atoms with van der Waals surface area (Å²) in [7, 11) is 0. The van der Waals surface area contributed by atoms with Crippen LogP contribution in [0, 0.1) is 5.92 Å². The Morgan fingerprint density at radius 1 is 1.36 bits per heavy atom. The maximum atomic E-state index is 5.83. The van der Waals surface area contributed by atoms with E-state index in [1.165, 1.54) is 17.7 Å². The quantitative estimate of drug-likeness (QED) is 0.469. The number of nitrogens with two attached hydrogens (primary N) is 1. The van der Waals surface area contributed by atoms with E-state index in [1.54, 1.807) is 11.8 Å². The number of thioether (sulfide) groups is 1. The van der Waals surface area contributed by atoms with E-state index in [9.17, 15) is 0 Å². The van der Waals surface area contributed by atoms with Gasteiger partial charge in [0, 0.05) is 10.8 Å². The normalized spacial score (nSPS) is 17.1. The highest BCUT2D eigenvalue weighted by atomic mass is 32.2. The maximum absolute atomic E-state index is 5.83. The van der Waals surface area contributed by atoms with Crippen LogP contribution in [0.2, 0.25) is 0 Å². The summed E-state index contributed by atoms with van der Waals surface area (Å²) in [5.41, 5.74) is 6.79. The van der Waals surface area contributed by atoms with Crippen molar-refractivity contribution in [2.24, 2.45) is 16.6 Å². The molecule has 1 aromatic carbocycles. The predicted octanol–water partition coefficient (Wildman–Crippen LogP) is 2.81. The topological polar surface area (TPSA) is 38.4 Å². The summed E-state index contributed by atoms with van der Waals surface area (Å²) < 4.78 is 0. The van der Waals surface area contributed by atoms with Gasteiger partial charge in [-0.25, -0.2) is 4.99 Å². The summed E-state index contributed by atoms with van der Waals surface area (Å²) in [6.45, 7) is 0. The molecule has 0 spiro atoms. The van der Waals surface area contributed by atoms with Crippen molar-refractivity contribution < 1.29 is 0 Å². The molecule has 1 aliphatic carbocycles. The van der Waals surface area contributed by atoms with Gasteiger partial charge < -0.3 is 5.73 Å². The van der Waals surface area contributed by atoms with E-state index >= 15 is 0 Å². The van der Waals surface area contributed by atoms with Crippen molar-refractivity contribution in [2.75, 3.05) is 6.26 Å². The summed E-state index contributed by atoms with van der Waals surface area (Å²) in [6, 6.07) is 8.18. The van der Waals surface area contributed by atoms with Gasteiger partial charge in [-0.2, -0.15) is 0 Å². The molecule has 1 aliphatic rings. The monoisotopic (exact) mass is 206 g/mol. The minimum absolute atomic E-state index is 0.551. The number of aliphatic imine (C=N–C) groups is 1. The van der Waals surface area contributed by atoms with Gasteiger partial charge >= 0.3 is 0 Å². The molecular weight excluding hydrogens is 192 g/mol. The molecule has 74 valence electrons. The highest BCUT2D eigenvalue weighted by Crippen LogP contribution is 2.30. The average molecular weight is 206 g/mol. The summed E-state index contributed by atoms with van der Waals surface area (Å²) in [5, 5.41) is 0. The highest BCUT2D eigenvalue weighted by Gasteiger charge is 2.25. The number of benzene rings is 1. The maximum Gasteiger partial charge on any atom is 0.103 e. The Morgan fingerprint density at radius 2 is 2.00 bits per heavy atom. The van der Waals surface area contributed by atoms with Crippen molar-refractivity contribution in [3.63, 3.8) is 0 Å². The van der Waals surface area contributed by atoms with Gasteiger partial charge in [-0.3, -0.25) is 0 Å². The molecule has 1 fully saturated rings. The first-order valence-electron chi connectivity index (χ1n) is 4.77. The second-order valence-electron chi connectivity index (χ2n) is 3.51. The second-order valence-corrected chi connectivity index (χ2v) is 4.39. The van der Waals surface area contributed by atoms with Crippen molar-refractivity contribution >= 4 is 23.3 Å². The van der Waals surface area contributed by atoms with Crippen LogP contribution in [0.4, 0.5) is 5.69 Å². The van der Waals surface area contributed by atoms with Crippen LogP contribution in [0.5, 0.6) is 0 Å². The van der Waals surface area contributed by atoms with Crippen LogP contribution in [-0.4, -0.2) is 12.1 Å². The lowest BCUT2D eigenvalue weighted by molar-refractivity contribution is 1.15. The Bertz CT molecular complexity index is 339. The smallest absolute Gasteiger partial charge is 0.103 e. The SMILES string of the molecule is CSc1ccc(N=C(N)C2CC2)cc1. The second kappa shape index (κ2) is 4.05. The summed E-state index contributed by atoms with van der Waals surface area (Å²) in [5.74, 6) is 1.34. The Balaban J connectivity index is 2.12. The number of rotatable bonds is 3. The molecule has 2 N–H and O–H groups in total. The third-order valence-electron chi connectivity index (χ3n) is 2.33. The number of hydrogen-bond donors (Lipinski definition) is 1. The standard InChI is InChI=1S/C11H14N2S/c1-14-10-6-4-9(5-7-10)13-11(12)8-2-3-8/h4-8H,2-3H2,1H3,(H2,12,13). The molecule has 1 aromatic rings. The lowest BCUT2D eigenvalue weighted by Gasteiger charge is -1.99. The molecule has 0 amide bonds. The average Bonchev–Trinajstić information content (AvgIpc) is 3.02. The summed E-state index contributed by atoms with van der Waals surface area (Å²) in [6.07, 6.45) is 4.48. The molecule has 0 aromatic heterocycles. The molecule has 1 saturated carbocycles. The van der Waals surface area contributed by atoms with Crippen molar-refractivity contribution in [2.45, 2.75) is 17.7 Å². The van der Waals surface area contributed by atoms with Gasteiger partial charge in [0.1, 0.15) is 5.84 Å². The van der Waals surface area contributed by atoms with Crippen LogP contribution in [0.15, 0.2) is 34.2 Å². The minimum Gasteiger partial charge on any atom is -0.387 e. The van der Waals surface area contributed by atoms with Crippen molar-refractivity contribution in [1.82, 2.24) is 0 Å². The Labute approximate surface area is 88.6 Å². The van der Waals surface area contributed by atoms with E-state index < -0.39 is 0 Å². The molecule has 0 radical (unpaired) electrons. The van der Waals surface area contributed by atoms with E-state index in [0.29, 0.717) is 5.92 Å². The van der Waals surface area contributed by atoms with E-state index in [2.05, 4.69) is 23.4 Å². The molecule has 0 atom stereocenters. The van der Waals surface area contributed by atoms with Crippen molar-refractivity contribution in [3.05, 3.63) is 24.3 Å². The third-order valence-corrected chi connectivity index (χ3v) is 3.07. The zero-order chi connectivity index (χ0) is 9.97. The van der Waals surface area contributed by atoms with Crippen LogP contribution < -0.4 is 5.73 Å². The van der Waals surface area contributed by atoms with Gasteiger partial charge in [-0.15, -0.1) is 11.8 Å². The van der Waals surface area contributed by atoms with Crippen LogP contribution >= 0.6 is 11.8 Å². The Hall–Kier alpha value is -0.960. The number of hydrogen-bond acceptors (Lipinski definition) is 2. The van der Waals surface area contributed by atoms with Crippen LogP contribution in [0.3, 0.4) is 0 Å². The zero-order valence-corrected chi connectivity index (χ0v) is 9.05. The van der Waals surface area contributed by atoms with Gasteiger partial charge in [-0.05, 0) is 43.4 Å². The molecule has 3 heteroatoms. The predicted molar refractivity (Wildman–Crippen MR) is 62.2 cm³/mol. The first-order chi connectivity index (χ1) is 6.79. The molecule has 0 bridgehead atoms. The number of amidine groups is 1. The molecule has 2 nitrogen and oxygen atoms in total. The fraction of sp³-hybridized carbons (Fsp3) is 0.364. The van der Waals surface area contributed by atoms with Crippen LogP contribution in [0.25, 0.3) is 0 Å². The summed E-state index contributed by atoms with van der Waals surface area (Å²) >= 11 is 1.74. The first kappa shape index (κ1) is 9.59. The first-order valence-corrected chi connectivity index (χ1v) is 6.00. The Kier molecular flexibility index (Phi) is 2.77. The highest BCUT2D eigenvalue weighted by molar-refractivity contribution is 7.98. The molecule has 14 heavy (non-hydrogen) atoms. The lowest BCUT2D eigenvalue weighted by atomic mass is 10.3. The fourth-order valence-electron chi connectivity index (χ4n) is 1.28. The zero-order valence-electron chi connectivity index (χ0n) is 8.23. The largest absolute Gasteiger partial charge is 0.387 e. The van der Waals surface area contributed by atoms with E-state index in [0.717, 1.165) is 11.5 Å². The Morgan fingerprint density at radius 3 is 2.50 bits per heavy atom. The van der Waals surface area contributed by atoms with Crippen LogP contribution in [0.1, 0.15) is 12.8 Å². The molecule has 2 rings (SSSR count). The van der Waals surface area contributed by atoms with E-state index in [1.807, 2.05) is 12.1 Å². The van der Waals surface area contributed by atoms with Gasteiger partial charge in [0.25, 0.3) is 0 Å². The third kappa shape index (κ3) is 2.29. The number of nitrogens with zero attached hydrogens (tertiary/aromatic N) is 1. The lowest BCUT2D eigenvalue weighted by Crippen LogP contribution is -2.12.